The van der Waals surface area contributed by atoms with Crippen LogP contribution >= 0.6 is 39.3 Å². The van der Waals surface area contributed by atoms with Gasteiger partial charge in [-0.25, -0.2) is 14.2 Å². The van der Waals surface area contributed by atoms with Crippen molar-refractivity contribution in [2.75, 3.05) is 12.8 Å². The van der Waals surface area contributed by atoms with Gasteiger partial charge in [0.2, 0.25) is 0 Å². The second kappa shape index (κ2) is 8.21. The normalized spacial score (nSPS) is 19.4. The lowest BCUT2D eigenvalue weighted by Gasteiger charge is -2.37. The van der Waals surface area contributed by atoms with Gasteiger partial charge in [-0.1, -0.05) is 11.6 Å². The number of nitriles is 1. The van der Waals surface area contributed by atoms with Gasteiger partial charge in [0, 0.05) is 11.9 Å². The van der Waals surface area contributed by atoms with Gasteiger partial charge in [-0.05, 0) is 41.1 Å². The number of hydrogen-bond donors (Lipinski definition) is 1. The summed E-state index contributed by atoms with van der Waals surface area (Å²) in [4.78, 5) is 17.3. The maximum absolute atomic E-state index is 14.9. The highest BCUT2D eigenvalue weighted by Gasteiger charge is 2.33. The van der Waals surface area contributed by atoms with Crippen LogP contribution in [0.25, 0.3) is 21.8 Å². The van der Waals surface area contributed by atoms with Crippen molar-refractivity contribution in [3.8, 4) is 6.07 Å². The number of aromatic nitrogens is 3. The summed E-state index contributed by atoms with van der Waals surface area (Å²) in [5, 5.41) is 25.4. The van der Waals surface area contributed by atoms with Gasteiger partial charge in [0.25, 0.3) is 0 Å². The number of nitrogens with zero attached hydrogens (tertiary/aromatic N) is 5. The number of fused-ring (bicyclic) bond motifs is 3. The number of hydrogen-bond acceptors (Lipinski definition) is 5. The molecule has 1 aromatic carbocycles. The Balaban J connectivity index is 1.90. The molecule has 0 spiro atoms. The second-order valence-corrected chi connectivity index (χ2v) is 9.02. The fourth-order valence-corrected chi connectivity index (χ4v) is 5.11. The SMILES string of the molecule is CSc1nc2c(F)c(Br)c(Cl)cc2c2c1cnn2[C@H]1CCN(C(=O)O)[C@H](CC#N)C1. The molecule has 30 heavy (non-hydrogen) atoms. The average Bonchev–Trinajstić information content (AvgIpc) is 3.17. The number of pyridine rings is 1. The fraction of sp³-hybridized carbons (Fsp3) is 0.368. The third kappa shape index (κ3) is 3.39. The number of likely N-dealkylation sites (tertiary alicyclic amines) is 1. The Labute approximate surface area is 188 Å². The minimum absolute atomic E-state index is 0.105. The predicted molar refractivity (Wildman–Crippen MR) is 117 cm³/mol. The van der Waals surface area contributed by atoms with Crippen LogP contribution < -0.4 is 0 Å². The van der Waals surface area contributed by atoms with Crippen molar-refractivity contribution in [3.05, 3.63) is 27.6 Å². The molecule has 4 rings (SSSR count). The minimum atomic E-state index is -1.03. The Hall–Kier alpha value is -2.09. The number of piperidine rings is 1. The van der Waals surface area contributed by atoms with Crippen LogP contribution in [0.1, 0.15) is 25.3 Å². The van der Waals surface area contributed by atoms with E-state index in [0.717, 1.165) is 5.39 Å². The zero-order valence-corrected chi connectivity index (χ0v) is 18.9. The molecule has 2 aromatic heterocycles. The molecule has 1 saturated heterocycles. The van der Waals surface area contributed by atoms with Crippen LogP contribution in [0.15, 0.2) is 21.8 Å². The number of carbonyl (C=O) groups is 1. The predicted octanol–water partition coefficient (Wildman–Crippen LogP) is 5.46. The van der Waals surface area contributed by atoms with E-state index in [4.69, 9.17) is 16.9 Å². The topological polar surface area (TPSA) is 95.0 Å². The number of rotatable bonds is 3. The molecule has 0 aliphatic carbocycles. The molecule has 3 heterocycles. The highest BCUT2D eigenvalue weighted by atomic mass is 79.9. The van der Waals surface area contributed by atoms with E-state index in [9.17, 15) is 14.3 Å². The van der Waals surface area contributed by atoms with Crippen molar-refractivity contribution in [3.63, 3.8) is 0 Å². The fourth-order valence-electron chi connectivity index (χ4n) is 4.06. The zero-order chi connectivity index (χ0) is 21.6. The third-order valence-corrected chi connectivity index (χ3v) is 7.43. The van der Waals surface area contributed by atoms with Crippen LogP contribution in [-0.4, -0.2) is 49.7 Å². The Bertz CT molecular complexity index is 1210. The van der Waals surface area contributed by atoms with Gasteiger partial charge in [0.05, 0.1) is 51.2 Å². The lowest BCUT2D eigenvalue weighted by molar-refractivity contribution is 0.0915. The van der Waals surface area contributed by atoms with Gasteiger partial charge in [-0.3, -0.25) is 4.68 Å². The van der Waals surface area contributed by atoms with Crippen LogP contribution in [0.5, 0.6) is 0 Å². The first-order valence-electron chi connectivity index (χ1n) is 9.12. The Morgan fingerprint density at radius 1 is 1.53 bits per heavy atom. The molecule has 0 bridgehead atoms. The summed E-state index contributed by atoms with van der Waals surface area (Å²) < 4.78 is 16.9. The first kappa shape index (κ1) is 21.2. The number of thioether (sulfide) groups is 1. The summed E-state index contributed by atoms with van der Waals surface area (Å²) in [5.74, 6) is -0.537. The average molecular weight is 513 g/mol. The van der Waals surface area contributed by atoms with Crippen molar-refractivity contribution >= 4 is 67.2 Å². The van der Waals surface area contributed by atoms with E-state index in [-0.39, 0.29) is 27.5 Å². The largest absolute Gasteiger partial charge is 0.465 e. The Morgan fingerprint density at radius 2 is 2.30 bits per heavy atom. The number of benzene rings is 1. The third-order valence-electron chi connectivity index (χ3n) is 5.43. The van der Waals surface area contributed by atoms with E-state index < -0.39 is 18.0 Å². The summed E-state index contributed by atoms with van der Waals surface area (Å²) in [6.07, 6.45) is 3.62. The molecule has 1 aliphatic rings. The van der Waals surface area contributed by atoms with E-state index in [0.29, 0.717) is 35.3 Å². The van der Waals surface area contributed by atoms with Crippen molar-refractivity contribution < 1.29 is 14.3 Å². The molecule has 0 saturated carbocycles. The highest BCUT2D eigenvalue weighted by molar-refractivity contribution is 9.10. The molecule has 1 fully saturated rings. The maximum atomic E-state index is 14.9. The first-order chi connectivity index (χ1) is 14.4. The molecule has 11 heteroatoms. The van der Waals surface area contributed by atoms with Gasteiger partial charge < -0.3 is 10.0 Å². The molecule has 0 radical (unpaired) electrons. The summed E-state index contributed by atoms with van der Waals surface area (Å²) in [6, 6.07) is 3.18. The van der Waals surface area contributed by atoms with Crippen molar-refractivity contribution in [2.24, 2.45) is 0 Å². The van der Waals surface area contributed by atoms with E-state index in [2.05, 4.69) is 32.1 Å². The van der Waals surface area contributed by atoms with E-state index in [1.807, 2.05) is 10.9 Å². The van der Waals surface area contributed by atoms with E-state index in [1.54, 1.807) is 12.3 Å². The van der Waals surface area contributed by atoms with E-state index in [1.165, 1.54) is 16.7 Å². The van der Waals surface area contributed by atoms with E-state index >= 15 is 0 Å². The summed E-state index contributed by atoms with van der Waals surface area (Å²) in [5.41, 5.74) is 0.906. The van der Waals surface area contributed by atoms with Crippen molar-refractivity contribution in [1.29, 1.82) is 5.26 Å². The molecule has 7 nitrogen and oxygen atoms in total. The molecule has 3 aromatic rings. The van der Waals surface area contributed by atoms with Gasteiger partial charge in [-0.15, -0.1) is 11.8 Å². The first-order valence-corrected chi connectivity index (χ1v) is 11.5. The molecule has 1 N–H and O–H groups in total. The number of halogens is 3. The quantitative estimate of drug-likeness (QED) is 0.370. The lowest BCUT2D eigenvalue weighted by Crippen LogP contribution is -2.45. The summed E-state index contributed by atoms with van der Waals surface area (Å²) in [6.45, 7) is 0.298. The van der Waals surface area contributed by atoms with Crippen molar-refractivity contribution in [2.45, 2.75) is 36.4 Å². The molecule has 0 unspecified atom stereocenters. The summed E-state index contributed by atoms with van der Waals surface area (Å²) >= 11 is 10.8. The van der Waals surface area contributed by atoms with Gasteiger partial charge in [-0.2, -0.15) is 10.4 Å². The number of amides is 1. The van der Waals surface area contributed by atoms with Crippen molar-refractivity contribution in [1.82, 2.24) is 19.7 Å². The molecular weight excluding hydrogens is 497 g/mol. The van der Waals surface area contributed by atoms with Crippen LogP contribution in [0.2, 0.25) is 5.02 Å². The van der Waals surface area contributed by atoms with Gasteiger partial charge in [0.15, 0.2) is 5.82 Å². The van der Waals surface area contributed by atoms with Crippen LogP contribution in [0.3, 0.4) is 0 Å². The van der Waals surface area contributed by atoms with Crippen LogP contribution in [-0.2, 0) is 0 Å². The molecule has 1 amide bonds. The molecule has 2 atom stereocenters. The monoisotopic (exact) mass is 511 g/mol. The highest BCUT2D eigenvalue weighted by Crippen LogP contribution is 2.40. The second-order valence-electron chi connectivity index (χ2n) is 7.03. The zero-order valence-electron chi connectivity index (χ0n) is 15.8. The minimum Gasteiger partial charge on any atom is -0.465 e. The van der Waals surface area contributed by atoms with Crippen LogP contribution in [0, 0.1) is 17.1 Å². The lowest BCUT2D eigenvalue weighted by atomic mass is 9.95. The Kier molecular flexibility index (Phi) is 5.79. The van der Waals surface area contributed by atoms with Crippen LogP contribution in [0.4, 0.5) is 9.18 Å². The summed E-state index contributed by atoms with van der Waals surface area (Å²) in [7, 11) is 0. The number of carboxylic acid groups (broad SMARTS) is 1. The van der Waals surface area contributed by atoms with Gasteiger partial charge >= 0.3 is 6.09 Å². The van der Waals surface area contributed by atoms with Gasteiger partial charge in [0.1, 0.15) is 10.5 Å². The molecule has 1 aliphatic heterocycles. The molecular formula is C19H16BrClFN5O2S. The smallest absolute Gasteiger partial charge is 0.407 e. The Morgan fingerprint density at radius 3 is 2.97 bits per heavy atom. The molecule has 156 valence electrons. The maximum Gasteiger partial charge on any atom is 0.407 e. The standard InChI is InChI=1S/C19H16BrClFN5O2S/c1-30-18-12-8-24-27(10-3-5-26(19(28)29)9(6-10)2-4-23)17(12)11-7-13(21)14(20)15(22)16(11)25-18/h7-10H,2-3,5-6H2,1H3,(H,28,29)/t9-,10+/m1/s1.